The Morgan fingerprint density at radius 2 is 1.33 bits per heavy atom. The van der Waals surface area contributed by atoms with E-state index in [4.69, 9.17) is 9.97 Å². The number of nitrogens with zero attached hydrogens (tertiary/aromatic N) is 4. The van der Waals surface area contributed by atoms with Crippen LogP contribution < -0.4 is 5.19 Å². The number of aromatic nitrogens is 4. The molecule has 1 radical (unpaired) electrons. The number of hydrogen-bond acceptors (Lipinski definition) is 3. The summed E-state index contributed by atoms with van der Waals surface area (Å²) in [7, 11) is -1.59. The molecule has 0 fully saturated rings. The maximum Gasteiger partial charge on any atom is 0.0803 e. The molecule has 48 heavy (non-hydrogen) atoms. The molecule has 0 unspecified atom stereocenters. The molecule has 0 aliphatic carbocycles. The largest absolute Gasteiger partial charge is 0.335 e. The van der Waals surface area contributed by atoms with E-state index >= 15 is 0 Å². The van der Waals surface area contributed by atoms with Gasteiger partial charge in [0.1, 0.15) is 0 Å². The van der Waals surface area contributed by atoms with Crippen LogP contribution in [0.3, 0.4) is 0 Å². The first-order valence-electron chi connectivity index (χ1n) is 15.8. The Hall–Kier alpha value is -5.00. The molecule has 0 amide bonds. The van der Waals surface area contributed by atoms with Crippen molar-refractivity contribution >= 4 is 35.2 Å². The summed E-state index contributed by atoms with van der Waals surface area (Å²) in [5.74, 6) is 0. The molecule has 4 heterocycles. The molecule has 237 valence electrons. The number of fused-ring (bicyclic) bond motifs is 3. The van der Waals surface area contributed by atoms with Gasteiger partial charge in [-0.2, -0.15) is 0 Å². The van der Waals surface area contributed by atoms with Gasteiger partial charge in [-0.3, -0.25) is 0 Å². The predicted octanol–water partition coefficient (Wildman–Crippen LogP) is 9.80. The van der Waals surface area contributed by atoms with Crippen LogP contribution in [0.1, 0.15) is 0 Å². The summed E-state index contributed by atoms with van der Waals surface area (Å²) >= 11 is 0. The van der Waals surface area contributed by atoms with Gasteiger partial charge in [0.25, 0.3) is 0 Å². The van der Waals surface area contributed by atoms with Crippen LogP contribution in [0, 0.1) is 12.3 Å². The minimum atomic E-state index is -1.59. The number of rotatable bonds is 5. The standard InChI is InChI=1S/C31H26N3Si.C11H8N.Ir/c1-35(2,3)30-21-32-28(19-26(30)22-12-6-4-7-13-22)23-18-27-25-16-10-11-17-29(25)34(31(27)33-20-23)24-14-8-5-9-15-24;1-2-6-10(7-3-1)11-8-4-5-9-12-11;/h4-19,21H,1-3H3;1-6,8-9H;/q2*-1;. The van der Waals surface area contributed by atoms with Crippen molar-refractivity contribution in [1.29, 1.82) is 0 Å². The van der Waals surface area contributed by atoms with Crippen molar-refractivity contribution in [3.05, 3.63) is 164 Å². The van der Waals surface area contributed by atoms with E-state index in [2.05, 4.69) is 139 Å². The molecule has 4 nitrogen and oxygen atoms in total. The minimum Gasteiger partial charge on any atom is -0.335 e. The average molecular weight is 815 g/mol. The molecule has 0 aliphatic heterocycles. The Morgan fingerprint density at radius 3 is 2.04 bits per heavy atom. The fraction of sp³-hybridized carbons (Fsp3) is 0.0714. The van der Waals surface area contributed by atoms with Crippen molar-refractivity contribution in [3.63, 3.8) is 0 Å². The van der Waals surface area contributed by atoms with Gasteiger partial charge in [-0.05, 0) is 63.6 Å². The molecular weight excluding hydrogens is 781 g/mol. The van der Waals surface area contributed by atoms with Crippen LogP contribution in [-0.2, 0) is 20.1 Å². The monoisotopic (exact) mass is 815 g/mol. The first-order valence-corrected chi connectivity index (χ1v) is 19.3. The van der Waals surface area contributed by atoms with Crippen molar-refractivity contribution in [3.8, 4) is 39.3 Å². The van der Waals surface area contributed by atoms with Gasteiger partial charge in [-0.15, -0.1) is 47.5 Å². The van der Waals surface area contributed by atoms with E-state index in [1.807, 2.05) is 48.5 Å². The van der Waals surface area contributed by atoms with Gasteiger partial charge in [0, 0.05) is 43.7 Å². The fourth-order valence-electron chi connectivity index (χ4n) is 5.89. The first kappa shape index (κ1) is 32.9. The normalized spacial score (nSPS) is 11.1. The number of pyridine rings is 3. The molecule has 6 heteroatoms. The summed E-state index contributed by atoms with van der Waals surface area (Å²) in [5.41, 5.74) is 9.44. The Balaban J connectivity index is 0.000000260. The number of hydrogen-bond donors (Lipinski definition) is 0. The second kappa shape index (κ2) is 14.4. The van der Waals surface area contributed by atoms with Gasteiger partial charge in [0.2, 0.25) is 0 Å². The van der Waals surface area contributed by atoms with E-state index in [1.54, 1.807) is 6.20 Å². The van der Waals surface area contributed by atoms with Crippen LogP contribution in [0.2, 0.25) is 19.6 Å². The van der Waals surface area contributed by atoms with Crippen LogP contribution in [-0.4, -0.2) is 27.6 Å². The second-order valence-corrected chi connectivity index (χ2v) is 17.5. The second-order valence-electron chi connectivity index (χ2n) is 12.4. The molecule has 8 aromatic rings. The fourth-order valence-corrected chi connectivity index (χ4v) is 7.37. The zero-order valence-corrected chi connectivity index (χ0v) is 30.5. The van der Waals surface area contributed by atoms with Gasteiger partial charge in [0.15, 0.2) is 0 Å². The van der Waals surface area contributed by atoms with E-state index in [0.29, 0.717) is 0 Å². The molecule has 0 spiro atoms. The predicted molar refractivity (Wildman–Crippen MR) is 198 cm³/mol. The van der Waals surface area contributed by atoms with Gasteiger partial charge < -0.3 is 19.5 Å². The van der Waals surface area contributed by atoms with Crippen molar-refractivity contribution in [2.75, 3.05) is 0 Å². The summed E-state index contributed by atoms with van der Waals surface area (Å²) in [4.78, 5) is 14.0. The van der Waals surface area contributed by atoms with Crippen LogP contribution in [0.25, 0.3) is 61.3 Å². The molecule has 8 rings (SSSR count). The molecule has 0 saturated heterocycles. The molecule has 4 aromatic carbocycles. The maximum absolute atomic E-state index is 4.91. The van der Waals surface area contributed by atoms with E-state index in [0.717, 1.165) is 44.8 Å². The van der Waals surface area contributed by atoms with Crippen LogP contribution in [0.15, 0.2) is 152 Å². The molecular formula is C42H34IrN4Si-2. The summed E-state index contributed by atoms with van der Waals surface area (Å²) in [6.07, 6.45) is 7.18. The third kappa shape index (κ3) is 6.83. The Labute approximate surface area is 296 Å². The van der Waals surface area contributed by atoms with Crippen LogP contribution in [0.4, 0.5) is 0 Å². The first-order chi connectivity index (χ1) is 23.0. The van der Waals surface area contributed by atoms with Crippen molar-refractivity contribution in [2.45, 2.75) is 19.6 Å². The Kier molecular flexibility index (Phi) is 9.88. The SMILES string of the molecule is C[Si](C)(C)c1cnc(-c2[c-]nc3c(c2)c2ccccc2n3-c2ccccc2)cc1-c1ccccc1.[Ir].[c-]1ccccc1-c1ccccn1. The molecule has 0 atom stereocenters. The average Bonchev–Trinajstić information content (AvgIpc) is 3.46. The van der Waals surface area contributed by atoms with Crippen molar-refractivity contribution in [1.82, 2.24) is 19.5 Å². The molecule has 0 N–H and O–H groups in total. The molecule has 4 aromatic heterocycles. The smallest absolute Gasteiger partial charge is 0.0803 e. The van der Waals surface area contributed by atoms with Crippen LogP contribution >= 0.6 is 0 Å². The minimum absolute atomic E-state index is 0. The zero-order valence-electron chi connectivity index (χ0n) is 27.1. The van der Waals surface area contributed by atoms with Gasteiger partial charge in [-0.1, -0.05) is 110 Å². The Bertz CT molecular complexity index is 2230. The zero-order chi connectivity index (χ0) is 32.2. The third-order valence-electron chi connectivity index (χ3n) is 8.20. The summed E-state index contributed by atoms with van der Waals surface area (Å²) < 4.78 is 2.21. The molecule has 0 saturated carbocycles. The molecule has 0 bridgehead atoms. The van der Waals surface area contributed by atoms with E-state index < -0.39 is 8.07 Å². The summed E-state index contributed by atoms with van der Waals surface area (Å²) in [6.45, 7) is 7.11. The van der Waals surface area contributed by atoms with E-state index in [-0.39, 0.29) is 20.1 Å². The van der Waals surface area contributed by atoms with Gasteiger partial charge >= 0.3 is 0 Å². The van der Waals surface area contributed by atoms with E-state index in [1.165, 1.54) is 21.7 Å². The number of benzene rings is 4. The quantitative estimate of drug-likeness (QED) is 0.129. The summed E-state index contributed by atoms with van der Waals surface area (Å²) in [5, 5.41) is 3.65. The van der Waals surface area contributed by atoms with E-state index in [9.17, 15) is 0 Å². The Morgan fingerprint density at radius 1 is 0.625 bits per heavy atom. The van der Waals surface area contributed by atoms with Crippen molar-refractivity contribution < 1.29 is 20.1 Å². The van der Waals surface area contributed by atoms with Crippen LogP contribution in [0.5, 0.6) is 0 Å². The van der Waals surface area contributed by atoms with Gasteiger partial charge in [-0.25, -0.2) is 0 Å². The number of para-hydroxylation sites is 2. The third-order valence-corrected chi connectivity index (χ3v) is 10.2. The van der Waals surface area contributed by atoms with Crippen molar-refractivity contribution in [2.24, 2.45) is 0 Å². The topological polar surface area (TPSA) is 43.6 Å². The molecule has 0 aliphatic rings. The van der Waals surface area contributed by atoms with Gasteiger partial charge in [0.05, 0.1) is 13.7 Å². The summed E-state index contributed by atoms with van der Waals surface area (Å²) in [6, 6.07) is 50.7. The maximum atomic E-state index is 4.91.